The summed E-state index contributed by atoms with van der Waals surface area (Å²) in [5, 5.41) is 2.58. The molecule has 1 rings (SSSR count). The van der Waals surface area contributed by atoms with E-state index in [2.05, 4.69) is 62.4 Å². The summed E-state index contributed by atoms with van der Waals surface area (Å²) < 4.78 is 0. The van der Waals surface area contributed by atoms with E-state index in [0.717, 1.165) is 6.42 Å². The van der Waals surface area contributed by atoms with Crippen molar-refractivity contribution in [2.45, 2.75) is 20.3 Å². The maximum absolute atomic E-state index is 2.16. The molecule has 0 saturated heterocycles. The molecule has 0 aromatic heterocycles. The highest BCUT2D eigenvalue weighted by Crippen LogP contribution is 1.80. The first-order chi connectivity index (χ1) is 6.38. The van der Waals surface area contributed by atoms with E-state index in [4.69, 9.17) is 0 Å². The normalized spacial score (nSPS) is 14.3. The van der Waals surface area contributed by atoms with E-state index >= 15 is 0 Å². The second-order valence-corrected chi connectivity index (χ2v) is 2.92. The molecule has 0 fully saturated rings. The van der Waals surface area contributed by atoms with E-state index < -0.39 is 0 Å². The molecule has 1 aromatic rings. The lowest BCUT2D eigenvalue weighted by molar-refractivity contribution is 1.23. The topological polar surface area (TPSA) is 0 Å². The van der Waals surface area contributed by atoms with Crippen LogP contribution in [0.1, 0.15) is 20.3 Å². The van der Waals surface area contributed by atoms with Gasteiger partial charge in [0.1, 0.15) is 0 Å². The lowest BCUT2D eigenvalue weighted by Crippen LogP contribution is -2.22. The van der Waals surface area contributed by atoms with Crippen molar-refractivity contribution in [1.29, 1.82) is 0 Å². The minimum Gasteiger partial charge on any atom is -0.0848 e. The molecule has 0 heteroatoms. The Morgan fingerprint density at radius 1 is 1.15 bits per heavy atom. The Bertz CT molecular complexity index is 383. The van der Waals surface area contributed by atoms with Gasteiger partial charge in [0.15, 0.2) is 0 Å². The second-order valence-electron chi connectivity index (χ2n) is 2.92. The van der Waals surface area contributed by atoms with Crippen molar-refractivity contribution in [1.82, 2.24) is 0 Å². The molecule has 1 aromatic carbocycles. The monoisotopic (exact) mass is 172 g/mol. The number of allylic oxidation sites excluding steroid dienone is 2. The third kappa shape index (κ3) is 2.90. The number of hydrogen-bond donors (Lipinski definition) is 0. The van der Waals surface area contributed by atoms with Crippen molar-refractivity contribution in [3.8, 4) is 0 Å². The molecule has 0 atom stereocenters. The summed E-state index contributed by atoms with van der Waals surface area (Å²) >= 11 is 0. The smallest absolute Gasteiger partial charge is 0.0187 e. The predicted octanol–water partition coefficient (Wildman–Crippen LogP) is 2.23. The largest absolute Gasteiger partial charge is 0.0848 e. The molecule has 0 N–H and O–H groups in total. The lowest BCUT2D eigenvalue weighted by atomic mass is 10.2. The van der Waals surface area contributed by atoms with Crippen molar-refractivity contribution in [3.05, 3.63) is 46.9 Å². The zero-order valence-electron chi connectivity index (χ0n) is 8.33. The van der Waals surface area contributed by atoms with Crippen LogP contribution < -0.4 is 10.4 Å². The second kappa shape index (κ2) is 5.36. The van der Waals surface area contributed by atoms with Crippen molar-refractivity contribution < 1.29 is 0 Å². The Morgan fingerprint density at radius 3 is 2.46 bits per heavy atom. The molecule has 0 amide bonds. The van der Waals surface area contributed by atoms with Gasteiger partial charge < -0.3 is 0 Å². The van der Waals surface area contributed by atoms with Crippen LogP contribution in [0.15, 0.2) is 36.4 Å². The van der Waals surface area contributed by atoms with Crippen molar-refractivity contribution in [2.75, 3.05) is 0 Å². The van der Waals surface area contributed by atoms with Crippen LogP contribution in [-0.4, -0.2) is 0 Å². The van der Waals surface area contributed by atoms with Crippen LogP contribution in [0.4, 0.5) is 0 Å². The van der Waals surface area contributed by atoms with Crippen LogP contribution in [-0.2, 0) is 0 Å². The zero-order valence-corrected chi connectivity index (χ0v) is 8.33. The van der Waals surface area contributed by atoms with E-state index in [1.165, 1.54) is 10.4 Å². The van der Waals surface area contributed by atoms with Crippen LogP contribution in [0.2, 0.25) is 0 Å². The van der Waals surface area contributed by atoms with Crippen molar-refractivity contribution in [3.63, 3.8) is 0 Å². The minimum atomic E-state index is 1.09. The van der Waals surface area contributed by atoms with Gasteiger partial charge in [0.25, 0.3) is 0 Å². The molecule has 0 heterocycles. The maximum Gasteiger partial charge on any atom is -0.0187 e. The van der Waals surface area contributed by atoms with Gasteiger partial charge in [-0.05, 0) is 23.8 Å². The van der Waals surface area contributed by atoms with E-state index in [1.807, 2.05) is 0 Å². The molecule has 0 bridgehead atoms. The molecule has 0 radical (unpaired) electrons. The Morgan fingerprint density at radius 2 is 1.85 bits per heavy atom. The fraction of sp³-hybridized carbons (Fsp3) is 0.231. The highest BCUT2D eigenvalue weighted by atomic mass is 13.8. The molecule has 0 unspecified atom stereocenters. The molecular formula is C13H16. The molecule has 68 valence electrons. The van der Waals surface area contributed by atoms with Gasteiger partial charge in [-0.3, -0.25) is 0 Å². The van der Waals surface area contributed by atoms with Crippen LogP contribution >= 0.6 is 0 Å². The molecular weight excluding hydrogens is 156 g/mol. The van der Waals surface area contributed by atoms with Gasteiger partial charge in [0.2, 0.25) is 0 Å². The van der Waals surface area contributed by atoms with E-state index in [-0.39, 0.29) is 0 Å². The third-order valence-corrected chi connectivity index (χ3v) is 1.95. The first-order valence-corrected chi connectivity index (χ1v) is 4.76. The molecule has 0 aliphatic carbocycles. The molecule has 0 aliphatic rings. The summed E-state index contributed by atoms with van der Waals surface area (Å²) in [6.07, 6.45) is 9.65. The molecule has 0 spiro atoms. The van der Waals surface area contributed by atoms with Gasteiger partial charge in [-0.25, -0.2) is 0 Å². The van der Waals surface area contributed by atoms with E-state index in [1.54, 1.807) is 0 Å². The highest BCUT2D eigenvalue weighted by Gasteiger charge is 1.79. The predicted molar refractivity (Wildman–Crippen MR) is 59.7 cm³/mol. The molecule has 0 nitrogen and oxygen atoms in total. The quantitative estimate of drug-likeness (QED) is 0.641. The third-order valence-electron chi connectivity index (χ3n) is 1.95. The molecule has 0 aliphatic heterocycles. The standard InChI is InChI=1S/C13H16/c1-3-5-6-10-13-11-8-7-9-12(13)4-2/h4-11H,3H2,1-2H3/b6-5-,12-4-,13-10-. The summed E-state index contributed by atoms with van der Waals surface area (Å²) in [6.45, 7) is 4.21. The number of hydrogen-bond acceptors (Lipinski definition) is 0. The average molecular weight is 172 g/mol. The van der Waals surface area contributed by atoms with Crippen LogP contribution in [0, 0.1) is 0 Å². The van der Waals surface area contributed by atoms with Gasteiger partial charge >= 0.3 is 0 Å². The van der Waals surface area contributed by atoms with Gasteiger partial charge in [-0.2, -0.15) is 0 Å². The number of rotatable bonds is 2. The zero-order chi connectivity index (χ0) is 9.52. The van der Waals surface area contributed by atoms with Gasteiger partial charge in [0, 0.05) is 0 Å². The summed E-state index contributed by atoms with van der Waals surface area (Å²) in [5.41, 5.74) is 0. The first kappa shape index (κ1) is 9.79. The average Bonchev–Trinajstić information content (AvgIpc) is 2.19. The van der Waals surface area contributed by atoms with E-state index in [0.29, 0.717) is 0 Å². The Hall–Kier alpha value is -1.30. The summed E-state index contributed by atoms with van der Waals surface area (Å²) in [7, 11) is 0. The van der Waals surface area contributed by atoms with Crippen molar-refractivity contribution >= 4 is 12.2 Å². The SMILES string of the molecule is C/C=c1/cccc/c1=C/C=C\CC. The van der Waals surface area contributed by atoms with E-state index in [9.17, 15) is 0 Å². The Labute approximate surface area is 79.9 Å². The maximum atomic E-state index is 2.16. The minimum absolute atomic E-state index is 1.09. The molecule has 0 saturated carbocycles. The van der Waals surface area contributed by atoms with Crippen LogP contribution in [0.3, 0.4) is 0 Å². The summed E-state index contributed by atoms with van der Waals surface area (Å²) in [4.78, 5) is 0. The number of benzene rings is 1. The summed E-state index contributed by atoms with van der Waals surface area (Å²) in [5.74, 6) is 0. The Kier molecular flexibility index (Phi) is 4.04. The van der Waals surface area contributed by atoms with Crippen LogP contribution in [0.5, 0.6) is 0 Å². The van der Waals surface area contributed by atoms with Crippen LogP contribution in [0.25, 0.3) is 12.2 Å². The molecule has 13 heavy (non-hydrogen) atoms. The lowest BCUT2D eigenvalue weighted by Gasteiger charge is -1.87. The first-order valence-electron chi connectivity index (χ1n) is 4.76. The highest BCUT2D eigenvalue weighted by molar-refractivity contribution is 5.39. The van der Waals surface area contributed by atoms with Gasteiger partial charge in [0.05, 0.1) is 0 Å². The Balaban J connectivity index is 3.14. The van der Waals surface area contributed by atoms with Gasteiger partial charge in [-0.15, -0.1) is 0 Å². The van der Waals surface area contributed by atoms with Crippen molar-refractivity contribution in [2.24, 2.45) is 0 Å². The fourth-order valence-corrected chi connectivity index (χ4v) is 1.23. The van der Waals surface area contributed by atoms with Gasteiger partial charge in [-0.1, -0.05) is 55.5 Å². The fourth-order valence-electron chi connectivity index (χ4n) is 1.23. The summed E-state index contributed by atoms with van der Waals surface area (Å²) in [6, 6.07) is 8.40.